The lowest BCUT2D eigenvalue weighted by atomic mass is 9.91. The van der Waals surface area contributed by atoms with Crippen LogP contribution in [-0.2, 0) is 0 Å². The second-order valence-electron chi connectivity index (χ2n) is 5.90. The van der Waals surface area contributed by atoms with Crippen LogP contribution in [0.3, 0.4) is 0 Å². The van der Waals surface area contributed by atoms with Gasteiger partial charge in [-0.3, -0.25) is 0 Å². The summed E-state index contributed by atoms with van der Waals surface area (Å²) in [6.07, 6.45) is 4.32. The van der Waals surface area contributed by atoms with Gasteiger partial charge in [0.25, 0.3) is 0 Å². The third-order valence-corrected chi connectivity index (χ3v) is 3.96. The van der Waals surface area contributed by atoms with Gasteiger partial charge in [-0.25, -0.2) is 0 Å². The van der Waals surface area contributed by atoms with Crippen molar-refractivity contribution in [1.82, 2.24) is 10.2 Å². The summed E-state index contributed by atoms with van der Waals surface area (Å²) < 4.78 is 0. The fraction of sp³-hybridized carbons (Fsp3) is 1.00. The van der Waals surface area contributed by atoms with E-state index in [1.807, 2.05) is 0 Å². The molecule has 3 unspecified atom stereocenters. The summed E-state index contributed by atoms with van der Waals surface area (Å²) in [6, 6.07) is 0.752. The largest absolute Gasteiger partial charge is 0.315 e. The molecule has 3 atom stereocenters. The molecule has 88 valence electrons. The summed E-state index contributed by atoms with van der Waals surface area (Å²) in [5.74, 6) is 2.76. The summed E-state index contributed by atoms with van der Waals surface area (Å²) in [6.45, 7) is 8.70. The van der Waals surface area contributed by atoms with Crippen LogP contribution >= 0.6 is 0 Å². The van der Waals surface area contributed by atoms with E-state index in [9.17, 15) is 0 Å². The molecule has 1 saturated carbocycles. The van der Waals surface area contributed by atoms with E-state index in [1.165, 1.54) is 38.9 Å². The first-order chi connectivity index (χ1) is 7.19. The highest BCUT2D eigenvalue weighted by atomic mass is 15.2. The van der Waals surface area contributed by atoms with Crippen LogP contribution in [0.15, 0.2) is 0 Å². The molecule has 1 aliphatic heterocycles. The number of rotatable bonds is 4. The van der Waals surface area contributed by atoms with Crippen LogP contribution in [-0.4, -0.2) is 37.6 Å². The third-order valence-electron chi connectivity index (χ3n) is 3.96. The molecule has 0 aromatic carbocycles. The minimum Gasteiger partial charge on any atom is -0.315 e. The molecule has 2 nitrogen and oxygen atoms in total. The first-order valence-corrected chi connectivity index (χ1v) is 6.58. The lowest BCUT2D eigenvalue weighted by Crippen LogP contribution is -2.46. The van der Waals surface area contributed by atoms with Crippen LogP contribution in [0, 0.1) is 17.8 Å². The third kappa shape index (κ3) is 3.18. The van der Waals surface area contributed by atoms with Gasteiger partial charge < -0.3 is 10.2 Å². The number of nitrogens with zero attached hydrogens (tertiary/aromatic N) is 1. The monoisotopic (exact) mass is 210 g/mol. The van der Waals surface area contributed by atoms with Gasteiger partial charge >= 0.3 is 0 Å². The molecule has 0 spiro atoms. The molecule has 0 aromatic rings. The molecule has 0 radical (unpaired) electrons. The Hall–Kier alpha value is -0.0800. The van der Waals surface area contributed by atoms with E-state index in [0.717, 1.165) is 23.8 Å². The Bertz CT molecular complexity index is 191. The Morgan fingerprint density at radius 3 is 2.27 bits per heavy atom. The van der Waals surface area contributed by atoms with E-state index in [0.29, 0.717) is 0 Å². The highest BCUT2D eigenvalue weighted by molar-refractivity contribution is 4.89. The van der Waals surface area contributed by atoms with Crippen LogP contribution in [0.4, 0.5) is 0 Å². The van der Waals surface area contributed by atoms with Crippen molar-refractivity contribution >= 4 is 0 Å². The normalized spacial score (nSPS) is 35.4. The summed E-state index contributed by atoms with van der Waals surface area (Å²) in [7, 11) is 2.12. The molecule has 0 aromatic heterocycles. The SMILES string of the molecule is CNC(CN1CC(C)CC(C)C1)C1CC1. The molecule has 2 heteroatoms. The smallest absolute Gasteiger partial charge is 0.0220 e. The van der Waals surface area contributed by atoms with E-state index in [1.54, 1.807) is 0 Å². The second kappa shape index (κ2) is 4.84. The van der Waals surface area contributed by atoms with Crippen molar-refractivity contribution in [2.75, 3.05) is 26.7 Å². The van der Waals surface area contributed by atoms with Crippen LogP contribution in [0.1, 0.15) is 33.1 Å². The fourth-order valence-electron chi connectivity index (χ4n) is 3.19. The Labute approximate surface area is 94.4 Å². The average molecular weight is 210 g/mol. The maximum absolute atomic E-state index is 3.50. The lowest BCUT2D eigenvalue weighted by molar-refractivity contribution is 0.126. The minimum absolute atomic E-state index is 0.752. The maximum atomic E-state index is 3.50. The van der Waals surface area contributed by atoms with Crippen molar-refractivity contribution < 1.29 is 0 Å². The highest BCUT2D eigenvalue weighted by Gasteiger charge is 2.32. The van der Waals surface area contributed by atoms with Gasteiger partial charge in [0, 0.05) is 25.7 Å². The lowest BCUT2D eigenvalue weighted by Gasteiger charge is -2.37. The fourth-order valence-corrected chi connectivity index (χ4v) is 3.19. The number of likely N-dealkylation sites (tertiary alicyclic amines) is 1. The Morgan fingerprint density at radius 1 is 1.20 bits per heavy atom. The zero-order valence-corrected chi connectivity index (χ0v) is 10.5. The molecular weight excluding hydrogens is 184 g/mol. The zero-order valence-electron chi connectivity index (χ0n) is 10.5. The van der Waals surface area contributed by atoms with Gasteiger partial charge in [-0.05, 0) is 44.1 Å². The van der Waals surface area contributed by atoms with Gasteiger partial charge in [-0.1, -0.05) is 13.8 Å². The van der Waals surface area contributed by atoms with Crippen molar-refractivity contribution in [2.24, 2.45) is 17.8 Å². The number of hydrogen-bond donors (Lipinski definition) is 1. The summed E-state index contributed by atoms with van der Waals surface area (Å²) in [4.78, 5) is 2.68. The maximum Gasteiger partial charge on any atom is 0.0220 e. The van der Waals surface area contributed by atoms with Gasteiger partial charge in [0.15, 0.2) is 0 Å². The molecule has 15 heavy (non-hydrogen) atoms. The number of likely N-dealkylation sites (N-methyl/N-ethyl adjacent to an activating group) is 1. The van der Waals surface area contributed by atoms with Crippen molar-refractivity contribution in [2.45, 2.75) is 39.2 Å². The molecule has 1 aliphatic carbocycles. The van der Waals surface area contributed by atoms with E-state index in [-0.39, 0.29) is 0 Å². The predicted molar refractivity (Wildman–Crippen MR) is 65.0 cm³/mol. The predicted octanol–water partition coefficient (Wildman–Crippen LogP) is 1.96. The molecule has 2 rings (SSSR count). The quantitative estimate of drug-likeness (QED) is 0.763. The minimum atomic E-state index is 0.752. The van der Waals surface area contributed by atoms with Crippen molar-refractivity contribution in [1.29, 1.82) is 0 Å². The summed E-state index contributed by atoms with van der Waals surface area (Å²) in [5.41, 5.74) is 0. The van der Waals surface area contributed by atoms with Gasteiger partial charge in [-0.2, -0.15) is 0 Å². The topological polar surface area (TPSA) is 15.3 Å². The number of piperidine rings is 1. The van der Waals surface area contributed by atoms with E-state index < -0.39 is 0 Å². The van der Waals surface area contributed by atoms with Gasteiger partial charge in [0.05, 0.1) is 0 Å². The first kappa shape index (κ1) is 11.4. The van der Waals surface area contributed by atoms with Gasteiger partial charge in [-0.15, -0.1) is 0 Å². The Kier molecular flexibility index (Phi) is 3.68. The van der Waals surface area contributed by atoms with Crippen molar-refractivity contribution in [3.8, 4) is 0 Å². The van der Waals surface area contributed by atoms with Gasteiger partial charge in [0.2, 0.25) is 0 Å². The molecular formula is C13H26N2. The highest BCUT2D eigenvalue weighted by Crippen LogP contribution is 2.33. The zero-order chi connectivity index (χ0) is 10.8. The van der Waals surface area contributed by atoms with Crippen LogP contribution in [0.2, 0.25) is 0 Å². The van der Waals surface area contributed by atoms with Crippen molar-refractivity contribution in [3.05, 3.63) is 0 Å². The van der Waals surface area contributed by atoms with Gasteiger partial charge in [0.1, 0.15) is 0 Å². The van der Waals surface area contributed by atoms with E-state index in [2.05, 4.69) is 31.1 Å². The standard InChI is InChI=1S/C13H26N2/c1-10-6-11(2)8-15(7-10)9-13(14-3)12-4-5-12/h10-14H,4-9H2,1-3H3. The average Bonchev–Trinajstić information content (AvgIpc) is 2.95. The molecule has 0 amide bonds. The van der Waals surface area contributed by atoms with Crippen molar-refractivity contribution in [3.63, 3.8) is 0 Å². The van der Waals surface area contributed by atoms with E-state index in [4.69, 9.17) is 0 Å². The molecule has 0 bridgehead atoms. The summed E-state index contributed by atoms with van der Waals surface area (Å²) in [5, 5.41) is 3.50. The number of hydrogen-bond acceptors (Lipinski definition) is 2. The number of nitrogens with one attached hydrogen (secondary N) is 1. The molecule has 2 fully saturated rings. The van der Waals surface area contributed by atoms with Crippen LogP contribution < -0.4 is 5.32 Å². The molecule has 1 heterocycles. The Balaban J connectivity index is 1.81. The Morgan fingerprint density at radius 2 is 1.80 bits per heavy atom. The molecule has 2 aliphatic rings. The molecule has 1 saturated heterocycles. The molecule has 1 N–H and O–H groups in total. The first-order valence-electron chi connectivity index (χ1n) is 6.58. The summed E-state index contributed by atoms with van der Waals surface area (Å²) >= 11 is 0. The van der Waals surface area contributed by atoms with Crippen LogP contribution in [0.5, 0.6) is 0 Å². The van der Waals surface area contributed by atoms with E-state index >= 15 is 0 Å². The van der Waals surface area contributed by atoms with Crippen LogP contribution in [0.25, 0.3) is 0 Å². The second-order valence-corrected chi connectivity index (χ2v) is 5.90.